The van der Waals surface area contributed by atoms with Crippen LogP contribution < -0.4 is 5.32 Å². The van der Waals surface area contributed by atoms with Gasteiger partial charge in [0.15, 0.2) is 0 Å². The van der Waals surface area contributed by atoms with Crippen molar-refractivity contribution in [2.24, 2.45) is 0 Å². The van der Waals surface area contributed by atoms with Crippen LogP contribution in [0.2, 0.25) is 0 Å². The average Bonchev–Trinajstić information content (AvgIpc) is 2.46. The maximum atomic E-state index is 4.36. The standard InChI is InChI=1S/C19H26N2/c1-5-9-21-19(17-10-14(2)12-20-13-17)11-18-15(3)7-6-8-16(18)4/h6-8,10,12-13,19,21H,5,9,11H2,1-4H3. The summed E-state index contributed by atoms with van der Waals surface area (Å²) >= 11 is 0. The molecule has 0 radical (unpaired) electrons. The summed E-state index contributed by atoms with van der Waals surface area (Å²) in [4.78, 5) is 4.36. The van der Waals surface area contributed by atoms with Gasteiger partial charge in [0.25, 0.3) is 0 Å². The van der Waals surface area contributed by atoms with Crippen molar-refractivity contribution in [2.45, 2.75) is 46.6 Å². The highest BCUT2D eigenvalue weighted by molar-refractivity contribution is 5.35. The van der Waals surface area contributed by atoms with Gasteiger partial charge < -0.3 is 5.32 Å². The van der Waals surface area contributed by atoms with Crippen LogP contribution >= 0.6 is 0 Å². The van der Waals surface area contributed by atoms with Crippen molar-refractivity contribution in [1.82, 2.24) is 10.3 Å². The van der Waals surface area contributed by atoms with E-state index in [1.54, 1.807) is 0 Å². The Kier molecular flexibility index (Phi) is 5.51. The maximum absolute atomic E-state index is 4.36. The molecule has 1 aromatic heterocycles. The van der Waals surface area contributed by atoms with Gasteiger partial charge >= 0.3 is 0 Å². The molecule has 2 nitrogen and oxygen atoms in total. The second-order valence-corrected chi connectivity index (χ2v) is 5.88. The Morgan fingerprint density at radius 3 is 2.43 bits per heavy atom. The zero-order chi connectivity index (χ0) is 15.2. The zero-order valence-corrected chi connectivity index (χ0v) is 13.6. The molecule has 0 aliphatic heterocycles. The van der Waals surface area contributed by atoms with Crippen LogP contribution in [-0.2, 0) is 6.42 Å². The van der Waals surface area contributed by atoms with Crippen LogP contribution in [0.4, 0.5) is 0 Å². The third-order valence-electron chi connectivity index (χ3n) is 3.99. The first kappa shape index (κ1) is 15.7. The molecule has 112 valence electrons. The predicted octanol–water partition coefficient (Wildman–Crippen LogP) is 4.29. The van der Waals surface area contributed by atoms with Crippen LogP contribution in [0.3, 0.4) is 0 Å². The molecule has 1 unspecified atom stereocenters. The summed E-state index contributed by atoms with van der Waals surface area (Å²) in [5.74, 6) is 0. The van der Waals surface area contributed by atoms with E-state index in [0.717, 1.165) is 19.4 Å². The normalized spacial score (nSPS) is 12.4. The lowest BCUT2D eigenvalue weighted by molar-refractivity contribution is 0.526. The van der Waals surface area contributed by atoms with Gasteiger partial charge in [0.05, 0.1) is 0 Å². The molecule has 21 heavy (non-hydrogen) atoms. The van der Waals surface area contributed by atoms with Gasteiger partial charge in [-0.3, -0.25) is 4.98 Å². The zero-order valence-electron chi connectivity index (χ0n) is 13.6. The Labute approximate surface area is 128 Å². The van der Waals surface area contributed by atoms with E-state index in [9.17, 15) is 0 Å². The number of hydrogen-bond acceptors (Lipinski definition) is 2. The number of aromatic nitrogens is 1. The molecule has 0 fully saturated rings. The molecule has 0 bridgehead atoms. The highest BCUT2D eigenvalue weighted by atomic mass is 14.9. The second-order valence-electron chi connectivity index (χ2n) is 5.88. The molecule has 1 N–H and O–H groups in total. The van der Waals surface area contributed by atoms with Crippen molar-refractivity contribution in [3.63, 3.8) is 0 Å². The van der Waals surface area contributed by atoms with Gasteiger partial charge in [0.1, 0.15) is 0 Å². The van der Waals surface area contributed by atoms with Gasteiger partial charge in [-0.1, -0.05) is 31.2 Å². The summed E-state index contributed by atoms with van der Waals surface area (Å²) in [6.07, 6.45) is 6.07. The summed E-state index contributed by atoms with van der Waals surface area (Å²) < 4.78 is 0. The number of hydrogen-bond donors (Lipinski definition) is 1. The van der Waals surface area contributed by atoms with Crippen LogP contribution in [0.25, 0.3) is 0 Å². The van der Waals surface area contributed by atoms with Gasteiger partial charge in [0.2, 0.25) is 0 Å². The molecular weight excluding hydrogens is 256 g/mol. The Morgan fingerprint density at radius 2 is 1.81 bits per heavy atom. The lowest BCUT2D eigenvalue weighted by Crippen LogP contribution is -2.25. The average molecular weight is 282 g/mol. The van der Waals surface area contributed by atoms with Crippen LogP contribution in [-0.4, -0.2) is 11.5 Å². The number of nitrogens with one attached hydrogen (secondary N) is 1. The van der Waals surface area contributed by atoms with Gasteiger partial charge in [-0.25, -0.2) is 0 Å². The van der Waals surface area contributed by atoms with E-state index < -0.39 is 0 Å². The molecule has 0 aliphatic carbocycles. The van der Waals surface area contributed by atoms with E-state index >= 15 is 0 Å². The third kappa shape index (κ3) is 4.15. The Hall–Kier alpha value is -1.67. The second kappa shape index (κ2) is 7.37. The fraction of sp³-hybridized carbons (Fsp3) is 0.421. The van der Waals surface area contributed by atoms with Crippen molar-refractivity contribution >= 4 is 0 Å². The lowest BCUT2D eigenvalue weighted by atomic mass is 9.93. The summed E-state index contributed by atoms with van der Waals surface area (Å²) in [6.45, 7) is 9.74. The van der Waals surface area contributed by atoms with Crippen molar-refractivity contribution in [1.29, 1.82) is 0 Å². The van der Waals surface area contributed by atoms with Crippen LogP contribution in [0.15, 0.2) is 36.7 Å². The number of nitrogens with zero attached hydrogens (tertiary/aromatic N) is 1. The van der Waals surface area contributed by atoms with Gasteiger partial charge in [0, 0.05) is 18.4 Å². The largest absolute Gasteiger partial charge is 0.310 e. The smallest absolute Gasteiger partial charge is 0.0376 e. The molecule has 0 spiro atoms. The number of benzene rings is 1. The predicted molar refractivity (Wildman–Crippen MR) is 89.6 cm³/mol. The van der Waals surface area contributed by atoms with Crippen LogP contribution in [0, 0.1) is 20.8 Å². The quantitative estimate of drug-likeness (QED) is 0.855. The van der Waals surface area contributed by atoms with Gasteiger partial charge in [-0.2, -0.15) is 0 Å². The van der Waals surface area contributed by atoms with Crippen molar-refractivity contribution in [3.05, 3.63) is 64.5 Å². The summed E-state index contributed by atoms with van der Waals surface area (Å²) in [7, 11) is 0. The van der Waals surface area contributed by atoms with Crippen molar-refractivity contribution in [3.8, 4) is 0 Å². The Balaban J connectivity index is 2.28. The van der Waals surface area contributed by atoms with Gasteiger partial charge in [-0.15, -0.1) is 0 Å². The molecule has 1 heterocycles. The first-order valence-electron chi connectivity index (χ1n) is 7.81. The van der Waals surface area contributed by atoms with E-state index in [-0.39, 0.29) is 0 Å². The molecule has 0 saturated carbocycles. The van der Waals surface area contributed by atoms with Gasteiger partial charge in [-0.05, 0) is 68.0 Å². The molecule has 1 aromatic carbocycles. The summed E-state index contributed by atoms with van der Waals surface area (Å²) in [6, 6.07) is 9.11. The maximum Gasteiger partial charge on any atom is 0.0376 e. The minimum atomic E-state index is 0.331. The Morgan fingerprint density at radius 1 is 1.10 bits per heavy atom. The number of rotatable bonds is 6. The first-order chi connectivity index (χ1) is 10.1. The lowest BCUT2D eigenvalue weighted by Gasteiger charge is -2.21. The third-order valence-corrected chi connectivity index (χ3v) is 3.99. The van der Waals surface area contributed by atoms with Crippen LogP contribution in [0.1, 0.15) is 47.2 Å². The molecule has 0 saturated heterocycles. The fourth-order valence-electron chi connectivity index (χ4n) is 2.77. The Bertz CT molecular complexity index is 570. The highest BCUT2D eigenvalue weighted by Crippen LogP contribution is 2.23. The van der Waals surface area contributed by atoms with E-state index in [0.29, 0.717) is 6.04 Å². The molecule has 2 heteroatoms. The van der Waals surface area contributed by atoms with E-state index in [4.69, 9.17) is 0 Å². The summed E-state index contributed by atoms with van der Waals surface area (Å²) in [5, 5.41) is 3.68. The number of aryl methyl sites for hydroxylation is 3. The monoisotopic (exact) mass is 282 g/mol. The molecule has 2 rings (SSSR count). The molecule has 2 aromatic rings. The topological polar surface area (TPSA) is 24.9 Å². The molecule has 0 amide bonds. The van der Waals surface area contributed by atoms with Crippen LogP contribution in [0.5, 0.6) is 0 Å². The molecule has 1 atom stereocenters. The number of pyridine rings is 1. The molecular formula is C19H26N2. The van der Waals surface area contributed by atoms with E-state index in [2.05, 4.69) is 62.3 Å². The SMILES string of the molecule is CCCNC(Cc1c(C)cccc1C)c1cncc(C)c1. The van der Waals surface area contributed by atoms with E-state index in [1.807, 2.05) is 12.4 Å². The van der Waals surface area contributed by atoms with Crippen molar-refractivity contribution in [2.75, 3.05) is 6.54 Å². The van der Waals surface area contributed by atoms with Crippen molar-refractivity contribution < 1.29 is 0 Å². The first-order valence-corrected chi connectivity index (χ1v) is 7.81. The highest BCUT2D eigenvalue weighted by Gasteiger charge is 2.14. The fourth-order valence-corrected chi connectivity index (χ4v) is 2.77. The minimum Gasteiger partial charge on any atom is -0.310 e. The summed E-state index contributed by atoms with van der Waals surface area (Å²) in [5.41, 5.74) is 6.70. The van der Waals surface area contributed by atoms with E-state index in [1.165, 1.54) is 27.8 Å². The minimum absolute atomic E-state index is 0.331. The molecule has 0 aliphatic rings.